The molecule has 3 N–H and O–H groups in total. The Morgan fingerprint density at radius 2 is 2.00 bits per heavy atom. The summed E-state index contributed by atoms with van der Waals surface area (Å²) < 4.78 is 2.02. The van der Waals surface area contributed by atoms with Crippen molar-refractivity contribution in [1.82, 2.24) is 30.7 Å². The molecule has 2 rings (SSSR count). The van der Waals surface area contributed by atoms with Gasteiger partial charge >= 0.3 is 0 Å². The highest BCUT2D eigenvalue weighted by atomic mass is 32.1. The fourth-order valence-corrected chi connectivity index (χ4v) is 3.33. The lowest BCUT2D eigenvalue weighted by Gasteiger charge is -2.12. The number of carbonyl (C=O) groups is 1. The van der Waals surface area contributed by atoms with E-state index in [1.807, 2.05) is 25.5 Å². The summed E-state index contributed by atoms with van der Waals surface area (Å²) in [5.41, 5.74) is 4.67. The van der Waals surface area contributed by atoms with Gasteiger partial charge < -0.3 is 16.0 Å². The lowest BCUT2D eigenvalue weighted by atomic mass is 10.4. The largest absolute Gasteiger partial charge is 0.357 e. The second kappa shape index (κ2) is 10.7. The molecule has 2 aromatic heterocycles. The number of nitrogens with zero attached hydrogens (tertiary/aromatic N) is 4. The minimum Gasteiger partial charge on any atom is -0.357 e. The average Bonchev–Trinajstić information content (AvgIpc) is 3.19. The van der Waals surface area contributed by atoms with Crippen LogP contribution in [0.3, 0.4) is 0 Å². The van der Waals surface area contributed by atoms with Crippen molar-refractivity contribution < 1.29 is 4.79 Å². The van der Waals surface area contributed by atoms with Crippen molar-refractivity contribution in [2.45, 2.75) is 40.7 Å². The number of thiazole rings is 1. The van der Waals surface area contributed by atoms with Crippen molar-refractivity contribution in [3.05, 3.63) is 33.5 Å². The smallest absolute Gasteiger partial charge is 0.263 e. The summed E-state index contributed by atoms with van der Waals surface area (Å²) in [6.07, 6.45) is 0.917. The normalized spacial score (nSPS) is 11.5. The molecule has 0 radical (unpaired) electrons. The zero-order chi connectivity index (χ0) is 19.6. The number of nitrogens with one attached hydrogen (secondary N) is 3. The average molecular weight is 392 g/mol. The number of guanidine groups is 1. The lowest BCUT2D eigenvalue weighted by Crippen LogP contribution is -2.41. The van der Waals surface area contributed by atoms with Crippen molar-refractivity contribution >= 4 is 23.2 Å². The molecule has 148 valence electrons. The predicted molar refractivity (Wildman–Crippen MR) is 109 cm³/mol. The van der Waals surface area contributed by atoms with E-state index in [2.05, 4.69) is 44.0 Å². The van der Waals surface area contributed by atoms with Crippen molar-refractivity contribution in [3.8, 4) is 0 Å². The van der Waals surface area contributed by atoms with Crippen LogP contribution in [0.15, 0.2) is 16.6 Å². The first-order valence-electron chi connectivity index (χ1n) is 9.22. The van der Waals surface area contributed by atoms with Gasteiger partial charge in [0.05, 0.1) is 16.9 Å². The van der Waals surface area contributed by atoms with Crippen LogP contribution >= 0.6 is 11.3 Å². The van der Waals surface area contributed by atoms with E-state index in [0.29, 0.717) is 24.5 Å². The number of amides is 1. The van der Waals surface area contributed by atoms with Gasteiger partial charge in [-0.05, 0) is 40.2 Å². The molecule has 0 aromatic carbocycles. The molecule has 0 saturated heterocycles. The molecule has 9 heteroatoms. The number of aromatic nitrogens is 3. The Morgan fingerprint density at radius 1 is 1.22 bits per heavy atom. The summed E-state index contributed by atoms with van der Waals surface area (Å²) in [5, 5.41) is 13.8. The topological polar surface area (TPSA) is 96.2 Å². The van der Waals surface area contributed by atoms with Crippen LogP contribution in [-0.2, 0) is 6.54 Å². The highest BCUT2D eigenvalue weighted by molar-refractivity contribution is 7.11. The quantitative estimate of drug-likeness (QED) is 0.343. The summed E-state index contributed by atoms with van der Waals surface area (Å²) in [6.45, 7) is 11.4. The monoisotopic (exact) mass is 391 g/mol. The second-order valence-electron chi connectivity index (χ2n) is 6.21. The maximum Gasteiger partial charge on any atom is 0.263 e. The summed E-state index contributed by atoms with van der Waals surface area (Å²) in [7, 11) is 0. The number of hydrogen-bond acceptors (Lipinski definition) is 5. The van der Waals surface area contributed by atoms with Crippen LogP contribution in [0.1, 0.15) is 40.1 Å². The SMILES string of the molecule is CCNC(=NCCCn1nc(C)cc1C)NCCNC(=O)c1scnc1C. The van der Waals surface area contributed by atoms with Gasteiger partial charge in [0.1, 0.15) is 4.88 Å². The number of aryl methyl sites for hydroxylation is 4. The molecule has 0 bridgehead atoms. The third-order valence-corrected chi connectivity index (χ3v) is 4.83. The van der Waals surface area contributed by atoms with Crippen LogP contribution in [-0.4, -0.2) is 52.8 Å². The summed E-state index contributed by atoms with van der Waals surface area (Å²) in [4.78, 5) is 21.4. The van der Waals surface area contributed by atoms with Crippen LogP contribution < -0.4 is 16.0 Å². The molecular weight excluding hydrogens is 362 g/mol. The Bertz CT molecular complexity index is 766. The molecule has 0 unspecified atom stereocenters. The van der Waals surface area contributed by atoms with Crippen molar-refractivity contribution in [2.24, 2.45) is 4.99 Å². The van der Waals surface area contributed by atoms with E-state index < -0.39 is 0 Å². The minimum absolute atomic E-state index is 0.0800. The van der Waals surface area contributed by atoms with Crippen LogP contribution in [0.2, 0.25) is 0 Å². The lowest BCUT2D eigenvalue weighted by molar-refractivity contribution is 0.0957. The Balaban J connectivity index is 1.70. The van der Waals surface area contributed by atoms with Gasteiger partial charge in [-0.2, -0.15) is 5.10 Å². The van der Waals surface area contributed by atoms with Crippen LogP contribution in [0, 0.1) is 20.8 Å². The fraction of sp³-hybridized carbons (Fsp3) is 0.556. The number of aliphatic imine (C=N–C) groups is 1. The van der Waals surface area contributed by atoms with Gasteiger partial charge in [-0.15, -0.1) is 11.3 Å². The third kappa shape index (κ3) is 6.67. The molecule has 27 heavy (non-hydrogen) atoms. The molecule has 1 amide bonds. The summed E-state index contributed by atoms with van der Waals surface area (Å²) >= 11 is 1.36. The molecule has 0 fully saturated rings. The highest BCUT2D eigenvalue weighted by Gasteiger charge is 2.10. The van der Waals surface area contributed by atoms with Gasteiger partial charge in [-0.3, -0.25) is 14.5 Å². The predicted octanol–water partition coefficient (Wildman–Crippen LogP) is 1.64. The van der Waals surface area contributed by atoms with Gasteiger partial charge in [0.25, 0.3) is 5.91 Å². The van der Waals surface area contributed by atoms with Crippen LogP contribution in [0.25, 0.3) is 0 Å². The molecular formula is C18H29N7OS. The van der Waals surface area contributed by atoms with E-state index in [-0.39, 0.29) is 5.91 Å². The minimum atomic E-state index is -0.0800. The summed E-state index contributed by atoms with van der Waals surface area (Å²) in [5.74, 6) is 0.678. The van der Waals surface area contributed by atoms with E-state index in [9.17, 15) is 4.79 Å². The Labute approximate surface area is 164 Å². The Kier molecular flexibility index (Phi) is 8.25. The Morgan fingerprint density at radius 3 is 2.63 bits per heavy atom. The Hall–Kier alpha value is -2.42. The van der Waals surface area contributed by atoms with E-state index in [1.165, 1.54) is 17.0 Å². The van der Waals surface area contributed by atoms with E-state index >= 15 is 0 Å². The molecule has 0 spiro atoms. The molecule has 0 atom stereocenters. The first-order valence-corrected chi connectivity index (χ1v) is 10.1. The standard InChI is InChI=1S/C18H29N7OS/c1-5-19-18(21-7-6-10-25-14(3)11-13(2)24-25)22-9-8-20-17(26)16-15(4)23-12-27-16/h11-12H,5-10H2,1-4H3,(H,20,26)(H2,19,21,22). The van der Waals surface area contributed by atoms with E-state index in [0.717, 1.165) is 36.9 Å². The van der Waals surface area contributed by atoms with Crippen molar-refractivity contribution in [2.75, 3.05) is 26.2 Å². The maximum absolute atomic E-state index is 12.0. The zero-order valence-corrected chi connectivity index (χ0v) is 17.3. The highest BCUT2D eigenvalue weighted by Crippen LogP contribution is 2.11. The van der Waals surface area contributed by atoms with Crippen LogP contribution in [0.5, 0.6) is 0 Å². The van der Waals surface area contributed by atoms with Gasteiger partial charge in [-0.1, -0.05) is 0 Å². The van der Waals surface area contributed by atoms with Gasteiger partial charge in [0.15, 0.2) is 5.96 Å². The summed E-state index contributed by atoms with van der Waals surface area (Å²) in [6, 6.07) is 2.08. The first kappa shape index (κ1) is 20.9. The second-order valence-corrected chi connectivity index (χ2v) is 7.07. The van der Waals surface area contributed by atoms with Gasteiger partial charge in [-0.25, -0.2) is 4.98 Å². The number of hydrogen-bond donors (Lipinski definition) is 3. The van der Waals surface area contributed by atoms with E-state index in [1.54, 1.807) is 5.51 Å². The first-order chi connectivity index (χ1) is 13.0. The molecule has 8 nitrogen and oxygen atoms in total. The van der Waals surface area contributed by atoms with E-state index in [4.69, 9.17) is 0 Å². The third-order valence-electron chi connectivity index (χ3n) is 3.90. The zero-order valence-electron chi connectivity index (χ0n) is 16.5. The molecule has 2 heterocycles. The number of carbonyl (C=O) groups excluding carboxylic acids is 1. The van der Waals surface area contributed by atoms with Gasteiger partial charge in [0.2, 0.25) is 0 Å². The van der Waals surface area contributed by atoms with Gasteiger partial charge in [0, 0.05) is 38.4 Å². The van der Waals surface area contributed by atoms with Crippen molar-refractivity contribution in [3.63, 3.8) is 0 Å². The van der Waals surface area contributed by atoms with Crippen molar-refractivity contribution in [1.29, 1.82) is 0 Å². The molecule has 0 aliphatic heterocycles. The molecule has 2 aromatic rings. The van der Waals surface area contributed by atoms with Crippen LogP contribution in [0.4, 0.5) is 0 Å². The molecule has 0 saturated carbocycles. The fourth-order valence-electron chi connectivity index (χ4n) is 2.61. The molecule has 0 aliphatic carbocycles. The maximum atomic E-state index is 12.0. The number of rotatable bonds is 9. The molecule has 0 aliphatic rings.